The van der Waals surface area contributed by atoms with Gasteiger partial charge in [0, 0.05) is 5.56 Å². The lowest BCUT2D eigenvalue weighted by atomic mass is 10.2. The van der Waals surface area contributed by atoms with Crippen LogP contribution in [0, 0.1) is 5.82 Å². The summed E-state index contributed by atoms with van der Waals surface area (Å²) < 4.78 is 12.7. The van der Waals surface area contributed by atoms with Crippen molar-refractivity contribution in [1.82, 2.24) is 15.0 Å². The van der Waals surface area contributed by atoms with Crippen LogP contribution in [0.4, 0.5) is 10.3 Å². The van der Waals surface area contributed by atoms with Crippen LogP contribution < -0.4 is 5.73 Å². The largest absolute Gasteiger partial charge is 0.368 e. The van der Waals surface area contributed by atoms with Gasteiger partial charge in [-0.2, -0.15) is 15.0 Å². The molecule has 0 aliphatic rings. The fourth-order valence-corrected chi connectivity index (χ4v) is 1.26. The number of nitrogens with zero attached hydrogens (tertiary/aromatic N) is 3. The molecule has 4 nitrogen and oxygen atoms in total. The van der Waals surface area contributed by atoms with Gasteiger partial charge in [-0.15, -0.1) is 0 Å². The zero-order chi connectivity index (χ0) is 10.8. The molecule has 0 aliphatic carbocycles. The van der Waals surface area contributed by atoms with E-state index in [9.17, 15) is 4.39 Å². The minimum atomic E-state index is -0.327. The summed E-state index contributed by atoms with van der Waals surface area (Å²) in [5.41, 5.74) is 6.04. The Hall–Kier alpha value is -1.75. The van der Waals surface area contributed by atoms with Crippen molar-refractivity contribution in [3.63, 3.8) is 0 Å². The molecule has 0 saturated carbocycles. The van der Waals surface area contributed by atoms with Crippen LogP contribution in [0.5, 0.6) is 0 Å². The first kappa shape index (κ1) is 9.79. The minimum absolute atomic E-state index is 0.0156. The second-order valence-electron chi connectivity index (χ2n) is 2.79. The van der Waals surface area contributed by atoms with E-state index in [1.165, 1.54) is 12.1 Å². The fourth-order valence-electron chi connectivity index (χ4n) is 1.09. The van der Waals surface area contributed by atoms with E-state index in [0.717, 1.165) is 0 Å². The van der Waals surface area contributed by atoms with Crippen molar-refractivity contribution < 1.29 is 4.39 Å². The average Bonchev–Trinajstić information content (AvgIpc) is 2.17. The van der Waals surface area contributed by atoms with E-state index >= 15 is 0 Å². The van der Waals surface area contributed by atoms with Gasteiger partial charge < -0.3 is 5.73 Å². The molecule has 76 valence electrons. The Balaban J connectivity index is 2.49. The molecule has 1 aromatic heterocycles. The van der Waals surface area contributed by atoms with Gasteiger partial charge >= 0.3 is 0 Å². The second-order valence-corrected chi connectivity index (χ2v) is 3.13. The molecule has 15 heavy (non-hydrogen) atoms. The SMILES string of the molecule is Nc1nc(Cl)nc(-c2ccc(F)cc2)n1. The van der Waals surface area contributed by atoms with Gasteiger partial charge in [-0.05, 0) is 35.9 Å². The van der Waals surface area contributed by atoms with Crippen LogP contribution in [0.1, 0.15) is 0 Å². The maximum Gasteiger partial charge on any atom is 0.227 e. The van der Waals surface area contributed by atoms with E-state index in [2.05, 4.69) is 15.0 Å². The van der Waals surface area contributed by atoms with Crippen LogP contribution in [0.3, 0.4) is 0 Å². The van der Waals surface area contributed by atoms with Gasteiger partial charge in [-0.3, -0.25) is 0 Å². The van der Waals surface area contributed by atoms with Gasteiger partial charge in [0.1, 0.15) is 5.82 Å². The number of nitrogen functional groups attached to an aromatic ring is 1. The number of halogens is 2. The quantitative estimate of drug-likeness (QED) is 0.804. The lowest BCUT2D eigenvalue weighted by Gasteiger charge is -2.00. The van der Waals surface area contributed by atoms with Crippen LogP contribution in [-0.4, -0.2) is 15.0 Å². The summed E-state index contributed by atoms with van der Waals surface area (Å²) in [6.07, 6.45) is 0. The maximum absolute atomic E-state index is 12.7. The van der Waals surface area contributed by atoms with E-state index in [1.807, 2.05) is 0 Å². The van der Waals surface area contributed by atoms with Crippen molar-refractivity contribution in [2.24, 2.45) is 0 Å². The molecule has 0 aliphatic heterocycles. The highest BCUT2D eigenvalue weighted by Gasteiger charge is 2.05. The van der Waals surface area contributed by atoms with Crippen molar-refractivity contribution in [3.8, 4) is 11.4 Å². The molecular formula is C9H6ClFN4. The Morgan fingerprint density at radius 1 is 1.07 bits per heavy atom. The zero-order valence-corrected chi connectivity index (χ0v) is 8.24. The first-order valence-corrected chi connectivity index (χ1v) is 4.46. The predicted octanol–water partition coefficient (Wildman–Crippen LogP) is 1.91. The molecule has 0 saturated heterocycles. The minimum Gasteiger partial charge on any atom is -0.368 e. The summed E-state index contributed by atoms with van der Waals surface area (Å²) >= 11 is 5.61. The van der Waals surface area contributed by atoms with Gasteiger partial charge in [0.05, 0.1) is 0 Å². The van der Waals surface area contributed by atoms with E-state index in [1.54, 1.807) is 12.1 Å². The number of aromatic nitrogens is 3. The fraction of sp³-hybridized carbons (Fsp3) is 0. The molecule has 0 spiro atoms. The predicted molar refractivity (Wildman–Crippen MR) is 54.6 cm³/mol. The molecule has 0 atom stereocenters. The Bertz CT molecular complexity index is 466. The second kappa shape index (κ2) is 3.78. The van der Waals surface area contributed by atoms with E-state index < -0.39 is 0 Å². The third-order valence-corrected chi connectivity index (χ3v) is 1.90. The summed E-state index contributed by atoms with van der Waals surface area (Å²) in [6.45, 7) is 0. The van der Waals surface area contributed by atoms with E-state index in [4.69, 9.17) is 17.3 Å². The molecule has 2 aromatic rings. The summed E-state index contributed by atoms with van der Waals surface area (Å²) in [5, 5.41) is 0.0156. The van der Waals surface area contributed by atoms with E-state index in [-0.39, 0.29) is 17.0 Å². The van der Waals surface area contributed by atoms with Crippen LogP contribution >= 0.6 is 11.6 Å². The van der Waals surface area contributed by atoms with Crippen molar-refractivity contribution >= 4 is 17.5 Å². The average molecular weight is 225 g/mol. The molecular weight excluding hydrogens is 219 g/mol. The summed E-state index contributed by atoms with van der Waals surface area (Å²) in [4.78, 5) is 11.4. The zero-order valence-electron chi connectivity index (χ0n) is 7.48. The summed E-state index contributed by atoms with van der Waals surface area (Å²) in [7, 11) is 0. The topological polar surface area (TPSA) is 64.7 Å². The summed E-state index contributed by atoms with van der Waals surface area (Å²) in [6, 6.07) is 5.70. The molecule has 0 radical (unpaired) electrons. The van der Waals surface area contributed by atoms with Crippen LogP contribution in [-0.2, 0) is 0 Å². The molecule has 2 N–H and O–H groups in total. The van der Waals surface area contributed by atoms with Crippen molar-refractivity contribution in [2.45, 2.75) is 0 Å². The first-order valence-electron chi connectivity index (χ1n) is 4.08. The highest BCUT2D eigenvalue weighted by Crippen LogP contribution is 2.17. The Kier molecular flexibility index (Phi) is 2.47. The standard InChI is InChI=1S/C9H6ClFN4/c10-8-13-7(14-9(12)15-8)5-1-3-6(11)4-2-5/h1-4H,(H2,12,13,14,15). The normalized spacial score (nSPS) is 10.3. The monoisotopic (exact) mass is 224 g/mol. The maximum atomic E-state index is 12.7. The molecule has 2 rings (SSSR count). The molecule has 0 fully saturated rings. The van der Waals surface area contributed by atoms with Crippen LogP contribution in [0.15, 0.2) is 24.3 Å². The molecule has 1 aromatic carbocycles. The highest BCUT2D eigenvalue weighted by atomic mass is 35.5. The van der Waals surface area contributed by atoms with Crippen LogP contribution in [0.2, 0.25) is 5.28 Å². The smallest absolute Gasteiger partial charge is 0.227 e. The molecule has 1 heterocycles. The number of anilines is 1. The van der Waals surface area contributed by atoms with Gasteiger partial charge in [0.25, 0.3) is 0 Å². The molecule has 6 heteroatoms. The third-order valence-electron chi connectivity index (χ3n) is 1.73. The number of rotatable bonds is 1. The third kappa shape index (κ3) is 2.19. The van der Waals surface area contributed by atoms with Crippen molar-refractivity contribution in [3.05, 3.63) is 35.4 Å². The van der Waals surface area contributed by atoms with Gasteiger partial charge in [0.15, 0.2) is 5.82 Å². The van der Waals surface area contributed by atoms with E-state index in [0.29, 0.717) is 11.4 Å². The highest BCUT2D eigenvalue weighted by molar-refractivity contribution is 6.28. The lowest BCUT2D eigenvalue weighted by Crippen LogP contribution is -1.99. The van der Waals surface area contributed by atoms with Crippen molar-refractivity contribution in [2.75, 3.05) is 5.73 Å². The Morgan fingerprint density at radius 2 is 1.73 bits per heavy atom. The Morgan fingerprint density at radius 3 is 2.33 bits per heavy atom. The Labute approximate surface area is 90.0 Å². The number of nitrogens with two attached hydrogens (primary N) is 1. The number of hydrogen-bond acceptors (Lipinski definition) is 4. The number of hydrogen-bond donors (Lipinski definition) is 1. The molecule has 0 unspecified atom stereocenters. The lowest BCUT2D eigenvalue weighted by molar-refractivity contribution is 0.628. The van der Waals surface area contributed by atoms with Gasteiger partial charge in [-0.25, -0.2) is 4.39 Å². The first-order chi connectivity index (χ1) is 7.15. The van der Waals surface area contributed by atoms with Crippen molar-refractivity contribution in [1.29, 1.82) is 0 Å². The summed E-state index contributed by atoms with van der Waals surface area (Å²) in [5.74, 6) is 0.0358. The van der Waals surface area contributed by atoms with Gasteiger partial charge in [-0.1, -0.05) is 0 Å². The van der Waals surface area contributed by atoms with Crippen LogP contribution in [0.25, 0.3) is 11.4 Å². The van der Waals surface area contributed by atoms with Gasteiger partial charge in [0.2, 0.25) is 11.2 Å². The molecule has 0 amide bonds. The number of benzene rings is 1. The molecule has 0 bridgehead atoms.